The maximum Gasteiger partial charge on any atom is 0.358 e. The van der Waals surface area contributed by atoms with Gasteiger partial charge in [-0.1, -0.05) is 34.7 Å². The highest BCUT2D eigenvalue weighted by Crippen LogP contribution is 2.33. The zero-order valence-corrected chi connectivity index (χ0v) is 75.0. The molecule has 62 nitrogen and oxygen atoms in total. The molecule has 0 fully saturated rings. The Kier molecular flexibility index (Phi) is 56.2. The van der Waals surface area contributed by atoms with E-state index < -0.39 is 146 Å². The number of aliphatic hydroxyl groups is 20. The van der Waals surface area contributed by atoms with Crippen LogP contribution in [-0.2, 0) is 0 Å². The van der Waals surface area contributed by atoms with Gasteiger partial charge in [0, 0.05) is 134 Å². The van der Waals surface area contributed by atoms with E-state index in [0.717, 1.165) is 0 Å². The molecular formula is C76H110N30O32. The fraction of sp³-hybridized carbons (Fsp3) is 0.526. The number of aromatic nitrogens is 12. The molecule has 62 heteroatoms. The molecule has 30 N–H and O–H groups in total. The third-order valence-corrected chi connectivity index (χ3v) is 17.0. The van der Waals surface area contributed by atoms with E-state index in [4.69, 9.17) is 117 Å². The second-order valence-electron chi connectivity index (χ2n) is 27.8. The molecule has 0 saturated carbocycles. The number of rotatable bonds is 52. The number of carbonyl (C=O) groups is 6. The molecule has 6 unspecified atom stereocenters. The minimum atomic E-state index is -1.51. The molecule has 6 rings (SSSR count). The van der Waals surface area contributed by atoms with Crippen molar-refractivity contribution in [3.8, 4) is 18.2 Å². The third-order valence-electron chi connectivity index (χ3n) is 17.0. The van der Waals surface area contributed by atoms with Gasteiger partial charge >= 0.3 is 53.3 Å². The summed E-state index contributed by atoms with van der Waals surface area (Å²) in [5, 5.41) is 275. The van der Waals surface area contributed by atoms with E-state index in [2.05, 4.69) is 95.6 Å². The molecular weight excluding hydrogens is 1850 g/mol. The number of aromatic carboxylic acids is 6. The number of hydrogen-bond donors (Lipinski definition) is 30. The largest absolute Gasteiger partial charge is 0.476 e. The smallest absolute Gasteiger partial charge is 0.358 e. The van der Waals surface area contributed by atoms with Crippen LogP contribution in [0.4, 0.5) is 87.3 Å². The van der Waals surface area contributed by atoms with Gasteiger partial charge in [-0.2, -0.15) is 15.8 Å². The van der Waals surface area contributed by atoms with Gasteiger partial charge < -0.3 is 208 Å². The quantitative estimate of drug-likeness (QED) is 0.0158. The van der Waals surface area contributed by atoms with E-state index in [1.807, 2.05) is 12.1 Å². The second kappa shape index (κ2) is 64.1. The first kappa shape index (κ1) is 121. The van der Waals surface area contributed by atoms with Crippen LogP contribution in [0.15, 0.2) is 0 Å². The predicted octanol–water partition coefficient (Wildman–Crippen LogP) is -9.75. The zero-order valence-electron chi connectivity index (χ0n) is 75.0. The molecule has 0 aliphatic heterocycles. The number of anilines is 12. The molecule has 6 atom stereocenters. The number of likely N-dealkylation sites (N-methyl/N-ethyl adjacent to an activating group) is 2. The molecule has 6 heterocycles. The number of aliphatic hydroxyl groups excluding tert-OH is 20. The van der Waals surface area contributed by atoms with Crippen molar-refractivity contribution in [3.05, 3.63) is 85.5 Å². The van der Waals surface area contributed by atoms with E-state index in [-0.39, 0.29) is 249 Å². The Morgan fingerprint density at radius 1 is 0.290 bits per heavy atom. The summed E-state index contributed by atoms with van der Waals surface area (Å²) in [4.78, 5) is 136. The molecule has 0 spiro atoms. The Labute approximate surface area is 784 Å². The van der Waals surface area contributed by atoms with Gasteiger partial charge in [0.05, 0.1) is 129 Å². The summed E-state index contributed by atoms with van der Waals surface area (Å²) in [7, 11) is 9.37. The van der Waals surface area contributed by atoms with Crippen LogP contribution in [0.1, 0.15) is 80.0 Å². The topological polar surface area (TPSA) is 942 Å². The number of nitrogens with zero attached hydrogens (tertiary/aromatic N) is 26. The minimum Gasteiger partial charge on any atom is -0.476 e. The Balaban J connectivity index is 0.000000830. The molecule has 0 radical (unpaired) electrons. The summed E-state index contributed by atoms with van der Waals surface area (Å²) in [6, 6.07) is 5.57. The number of carboxylic acid groups (broad SMARTS) is 6. The minimum absolute atomic E-state index is 0.00509. The van der Waals surface area contributed by atoms with Crippen molar-refractivity contribution in [1.82, 2.24) is 59.8 Å². The Morgan fingerprint density at radius 2 is 0.543 bits per heavy atom. The highest BCUT2D eigenvalue weighted by Gasteiger charge is 2.33. The summed E-state index contributed by atoms with van der Waals surface area (Å²) in [6.45, 7) is 15.6. The summed E-state index contributed by atoms with van der Waals surface area (Å²) >= 11 is 0. The Morgan fingerprint density at radius 3 is 0.833 bits per heavy atom. The molecule has 756 valence electrons. The van der Waals surface area contributed by atoms with Gasteiger partial charge in [-0.15, -0.1) is 0 Å². The zero-order chi connectivity index (χ0) is 105. The second-order valence-corrected chi connectivity index (χ2v) is 27.8. The molecule has 6 aromatic rings. The normalized spacial score (nSPS) is 11.6. The summed E-state index contributed by atoms with van der Waals surface area (Å²) in [5.74, 6) is -9.80. The lowest BCUT2D eigenvalue weighted by molar-refractivity contribution is 0.0672. The Hall–Kier alpha value is -15.0. The summed E-state index contributed by atoms with van der Waals surface area (Å²) in [5.41, 5.74) is -3.20. The van der Waals surface area contributed by atoms with Gasteiger partial charge in [0.25, 0.3) is 17.5 Å². The van der Waals surface area contributed by atoms with Gasteiger partial charge in [-0.25, -0.2) is 73.6 Å². The lowest BCUT2D eigenvalue weighted by Gasteiger charge is -2.27. The highest BCUT2D eigenvalue weighted by molar-refractivity contribution is 5.98. The summed E-state index contributed by atoms with van der Waals surface area (Å²) < 4.78 is 0. The molecule has 6 aromatic heterocycles. The first-order chi connectivity index (χ1) is 65.5. The molecule has 0 aliphatic carbocycles. The van der Waals surface area contributed by atoms with E-state index in [9.17, 15) is 80.1 Å². The standard InChI is InChI=1S/2C14H20N6O4.C14H22N4O8.C12H16N6O4.C12H18N4O8.C10H14N4O4/c1-16-12-14(20(3)6-10(24)8-22)17-11(4-15)13(18-12)19(2)5-9(23)7-21;1-16-12-14(20(4-8-23)5-9-24)17-11(10-15)13(18-12)19(2-6-21)3-7-22;19-5-1-17(2-6-20)11-9(13(23)24)16-12(10(15-11)14(25)26)18(3-7-21)4-8-22;1-14-11-12(16-4-8(22)6-20)17-9(2-13)10(18-11)15-3-7(21)5-19;17-3-5(19)1-13-9-7(11(21)22)16-10(8(15-9)12(23)24)14-2-6(20)4-18;1-13(2)7-5(9(15)16)12-8(14(3)4)6(11-7)10(17)18/h9-10,21-24H,5-8H2,2-3H3;21-24H,2-9H2;19-22H,1-8H2,(H,23,24)(H,25,26);7-8,19-22H,3-6H2,(H,15,18)(H,16,17);5-6,17-20H,1-4H2,(H,13,15)(H,14,16)(H,21,22)(H,23,24);1-4H3,(H,15,16)(H,17,18). The van der Waals surface area contributed by atoms with Crippen molar-refractivity contribution >= 4 is 123 Å². The highest BCUT2D eigenvalue weighted by atomic mass is 16.4. The van der Waals surface area contributed by atoms with Crippen LogP contribution in [0.5, 0.6) is 0 Å². The van der Waals surface area contributed by atoms with Crippen LogP contribution in [0.25, 0.3) is 14.5 Å². The Bertz CT molecular complexity index is 4840. The van der Waals surface area contributed by atoms with E-state index in [1.54, 1.807) is 48.4 Å². The van der Waals surface area contributed by atoms with Gasteiger partial charge in [-0.05, 0) is 0 Å². The molecule has 138 heavy (non-hydrogen) atoms. The predicted molar refractivity (Wildman–Crippen MR) is 480 cm³/mol. The monoisotopic (exact) mass is 1950 g/mol. The van der Waals surface area contributed by atoms with Crippen LogP contribution in [0, 0.1) is 53.7 Å². The van der Waals surface area contributed by atoms with E-state index in [1.165, 1.54) is 39.2 Å². The lowest BCUT2D eigenvalue weighted by Crippen LogP contribution is -2.36. The van der Waals surface area contributed by atoms with Gasteiger partial charge in [0.2, 0.25) is 17.1 Å². The molecule has 0 amide bonds. The first-order valence-corrected chi connectivity index (χ1v) is 40.1. The van der Waals surface area contributed by atoms with E-state index in [0.29, 0.717) is 0 Å². The van der Waals surface area contributed by atoms with Crippen molar-refractivity contribution < 1.29 is 162 Å². The van der Waals surface area contributed by atoms with Gasteiger partial charge in [0.15, 0.2) is 86.5 Å². The van der Waals surface area contributed by atoms with Crippen molar-refractivity contribution in [2.24, 2.45) is 0 Å². The van der Waals surface area contributed by atoms with Crippen molar-refractivity contribution in [2.45, 2.75) is 36.6 Å². The van der Waals surface area contributed by atoms with Crippen molar-refractivity contribution in [2.75, 3.05) is 287 Å². The van der Waals surface area contributed by atoms with Crippen LogP contribution in [-0.4, -0.2) is 491 Å². The molecule has 0 aromatic carbocycles. The van der Waals surface area contributed by atoms with Crippen LogP contribution in [0.3, 0.4) is 0 Å². The number of carboxylic acids is 6. The number of nitriles is 3. The van der Waals surface area contributed by atoms with Gasteiger partial charge in [0.1, 0.15) is 18.2 Å². The van der Waals surface area contributed by atoms with Crippen LogP contribution >= 0.6 is 0 Å². The van der Waals surface area contributed by atoms with Crippen LogP contribution in [0.2, 0.25) is 0 Å². The van der Waals surface area contributed by atoms with Crippen LogP contribution < -0.4 is 60.5 Å². The maximum atomic E-state index is 11.6. The number of nitrogens with one attached hydrogen (secondary N) is 4. The molecule has 0 bridgehead atoms. The summed E-state index contributed by atoms with van der Waals surface area (Å²) in [6.07, 6.45) is -6.55. The fourth-order valence-electron chi connectivity index (χ4n) is 10.6. The van der Waals surface area contributed by atoms with Crippen molar-refractivity contribution in [3.63, 3.8) is 0 Å². The number of hydrogen-bond acceptors (Lipinski definition) is 53. The SMILES string of the molecule is CN(C)c1nc(C(=O)O)c(N(C)C)nc1C(=O)O.O=C(O)c1nc(N(CCO)CCO)c(C(=O)O)nc1N(CCO)CCO.O=C(O)c1nc(NCC(O)CO)c(C(=O)O)nc1NCC(O)CO.[C-]#[N+]c1nc(N(C)CC(O)CO)c(C#N)nc1N(C)CC(O)CO.[C-]#[N+]c1nc(N(CCO)CCO)c(C#N)nc1N(CCO)CCO.[C-]#[N+]c1nc(NCC(O)CO)c(C#N)nc1NCC(O)CO. The first-order valence-electron chi connectivity index (χ1n) is 40.1. The molecule has 0 saturated heterocycles. The fourth-order valence-corrected chi connectivity index (χ4v) is 10.6. The maximum absolute atomic E-state index is 11.6. The lowest BCUT2D eigenvalue weighted by atomic mass is 10.3. The van der Waals surface area contributed by atoms with E-state index >= 15 is 0 Å². The average Bonchev–Trinajstić information content (AvgIpc) is 0.794. The van der Waals surface area contributed by atoms with Gasteiger partial charge in [-0.3, -0.25) is 0 Å². The average molecular weight is 1960 g/mol. The van der Waals surface area contributed by atoms with Crippen molar-refractivity contribution in [1.29, 1.82) is 15.8 Å². The molecule has 0 aliphatic rings. The third kappa shape index (κ3) is 38.4.